The van der Waals surface area contributed by atoms with Crippen molar-refractivity contribution in [2.45, 2.75) is 38.8 Å². The molecule has 138 valence electrons. The highest BCUT2D eigenvalue weighted by molar-refractivity contribution is 5.92. The number of rotatable bonds is 6. The average molecular weight is 354 g/mol. The van der Waals surface area contributed by atoms with Gasteiger partial charge in [-0.2, -0.15) is 0 Å². The zero-order valence-corrected chi connectivity index (χ0v) is 15.2. The van der Waals surface area contributed by atoms with E-state index in [-0.39, 0.29) is 12.0 Å². The molecule has 1 atom stereocenters. The fraction of sp³-hybridized carbons (Fsp3) is 0.450. The van der Waals surface area contributed by atoms with Crippen molar-refractivity contribution >= 4 is 12.0 Å². The smallest absolute Gasteiger partial charge is 0.276 e. The highest BCUT2D eigenvalue weighted by atomic mass is 16.3. The molecule has 1 fully saturated rings. The molecule has 1 aromatic carbocycles. The lowest BCUT2D eigenvalue weighted by atomic mass is 9.90. The normalized spacial score (nSPS) is 16.9. The van der Waals surface area contributed by atoms with Crippen molar-refractivity contribution in [3.8, 4) is 0 Å². The van der Waals surface area contributed by atoms with Gasteiger partial charge in [0.15, 0.2) is 5.69 Å². The number of amides is 1. The lowest BCUT2D eigenvalue weighted by Gasteiger charge is -2.33. The van der Waals surface area contributed by atoms with Crippen molar-refractivity contribution in [2.24, 2.45) is 5.92 Å². The summed E-state index contributed by atoms with van der Waals surface area (Å²) >= 11 is 0. The van der Waals surface area contributed by atoms with Crippen LogP contribution in [-0.4, -0.2) is 50.1 Å². The Kier molecular flexibility index (Phi) is 6.17. The molecule has 0 spiro atoms. The Bertz CT molecular complexity index is 733. The SMILES string of the molecule is CC[C@H](O)C1CCN(C(=O)c2cn(C/C=C/c3ccccc3)nn2)CC1. The number of likely N-dealkylation sites (tertiary alicyclic amines) is 1. The van der Waals surface area contributed by atoms with Crippen molar-refractivity contribution in [3.63, 3.8) is 0 Å². The Morgan fingerprint density at radius 1 is 1.31 bits per heavy atom. The molecule has 1 aliphatic heterocycles. The summed E-state index contributed by atoms with van der Waals surface area (Å²) in [4.78, 5) is 14.4. The van der Waals surface area contributed by atoms with Crippen molar-refractivity contribution in [1.82, 2.24) is 19.9 Å². The first-order chi connectivity index (χ1) is 12.7. The first kappa shape index (κ1) is 18.3. The van der Waals surface area contributed by atoms with E-state index in [0.717, 1.165) is 24.8 Å². The molecule has 3 rings (SSSR count). The molecule has 0 saturated carbocycles. The van der Waals surface area contributed by atoms with Gasteiger partial charge in [0.25, 0.3) is 5.91 Å². The fourth-order valence-corrected chi connectivity index (χ4v) is 3.33. The van der Waals surface area contributed by atoms with E-state index in [0.29, 0.717) is 31.2 Å². The molecule has 0 bridgehead atoms. The molecule has 1 N–H and O–H groups in total. The highest BCUT2D eigenvalue weighted by Gasteiger charge is 2.28. The van der Waals surface area contributed by atoms with Gasteiger partial charge in [0.2, 0.25) is 0 Å². The first-order valence-corrected chi connectivity index (χ1v) is 9.26. The van der Waals surface area contributed by atoms with E-state index in [4.69, 9.17) is 0 Å². The molecule has 6 nitrogen and oxygen atoms in total. The summed E-state index contributed by atoms with van der Waals surface area (Å²) in [5.41, 5.74) is 1.51. The lowest BCUT2D eigenvalue weighted by Crippen LogP contribution is -2.41. The van der Waals surface area contributed by atoms with Gasteiger partial charge in [-0.15, -0.1) is 5.10 Å². The van der Waals surface area contributed by atoms with Gasteiger partial charge in [0.1, 0.15) is 0 Å². The number of benzene rings is 1. The van der Waals surface area contributed by atoms with Gasteiger partial charge in [-0.1, -0.05) is 54.6 Å². The zero-order valence-electron chi connectivity index (χ0n) is 15.2. The lowest BCUT2D eigenvalue weighted by molar-refractivity contribution is 0.0450. The molecule has 0 radical (unpaired) electrons. The van der Waals surface area contributed by atoms with Crippen LogP contribution in [0.4, 0.5) is 0 Å². The van der Waals surface area contributed by atoms with Crippen LogP contribution in [0.5, 0.6) is 0 Å². The van der Waals surface area contributed by atoms with E-state index in [9.17, 15) is 9.90 Å². The Morgan fingerprint density at radius 2 is 2.04 bits per heavy atom. The van der Waals surface area contributed by atoms with E-state index >= 15 is 0 Å². The van der Waals surface area contributed by atoms with Crippen LogP contribution < -0.4 is 0 Å². The van der Waals surface area contributed by atoms with Crippen molar-refractivity contribution in [2.75, 3.05) is 13.1 Å². The van der Waals surface area contributed by atoms with Gasteiger partial charge in [0, 0.05) is 13.1 Å². The van der Waals surface area contributed by atoms with Crippen molar-refractivity contribution in [3.05, 3.63) is 53.9 Å². The van der Waals surface area contributed by atoms with Gasteiger partial charge < -0.3 is 10.0 Å². The maximum Gasteiger partial charge on any atom is 0.276 e. The Morgan fingerprint density at radius 3 is 2.73 bits per heavy atom. The molecule has 0 unspecified atom stereocenters. The number of carbonyl (C=O) groups excluding carboxylic acids is 1. The van der Waals surface area contributed by atoms with Crippen molar-refractivity contribution < 1.29 is 9.90 Å². The molecule has 0 aliphatic carbocycles. The van der Waals surface area contributed by atoms with Gasteiger partial charge in [-0.25, -0.2) is 4.68 Å². The summed E-state index contributed by atoms with van der Waals surface area (Å²) < 4.78 is 1.67. The van der Waals surface area contributed by atoms with Gasteiger partial charge >= 0.3 is 0 Å². The Balaban J connectivity index is 1.53. The summed E-state index contributed by atoms with van der Waals surface area (Å²) in [5.74, 6) is 0.218. The monoisotopic (exact) mass is 354 g/mol. The molecule has 1 aliphatic rings. The number of piperidine rings is 1. The van der Waals surface area contributed by atoms with Gasteiger partial charge in [-0.05, 0) is 30.7 Å². The number of hydrogen-bond donors (Lipinski definition) is 1. The quantitative estimate of drug-likeness (QED) is 0.866. The summed E-state index contributed by atoms with van der Waals surface area (Å²) in [6.45, 7) is 3.90. The minimum atomic E-state index is -0.260. The number of carbonyl (C=O) groups is 1. The molecule has 6 heteroatoms. The second kappa shape index (κ2) is 8.76. The largest absolute Gasteiger partial charge is 0.393 e. The number of nitrogens with zero attached hydrogens (tertiary/aromatic N) is 4. The highest BCUT2D eigenvalue weighted by Crippen LogP contribution is 2.23. The van der Waals surface area contributed by atoms with Gasteiger partial charge in [-0.3, -0.25) is 4.79 Å². The van der Waals surface area contributed by atoms with Crippen LogP contribution in [0.3, 0.4) is 0 Å². The number of allylic oxidation sites excluding steroid dienone is 1. The molecule has 2 heterocycles. The summed E-state index contributed by atoms with van der Waals surface area (Å²) in [5, 5.41) is 18.0. The minimum absolute atomic E-state index is 0.0762. The molecule has 1 saturated heterocycles. The third-order valence-corrected chi connectivity index (χ3v) is 4.95. The van der Waals surface area contributed by atoms with E-state index in [1.807, 2.05) is 54.3 Å². The third-order valence-electron chi connectivity index (χ3n) is 4.95. The zero-order chi connectivity index (χ0) is 18.4. The predicted molar refractivity (Wildman–Crippen MR) is 100 cm³/mol. The van der Waals surface area contributed by atoms with Crippen molar-refractivity contribution in [1.29, 1.82) is 0 Å². The summed E-state index contributed by atoms with van der Waals surface area (Å²) in [6, 6.07) is 10.0. The van der Waals surface area contributed by atoms with Gasteiger partial charge in [0.05, 0.1) is 18.8 Å². The number of aliphatic hydroxyl groups is 1. The maximum absolute atomic E-state index is 12.6. The Labute approximate surface area is 154 Å². The second-order valence-corrected chi connectivity index (χ2v) is 6.74. The number of hydrogen-bond acceptors (Lipinski definition) is 4. The molecular formula is C20H26N4O2. The van der Waals surface area contributed by atoms with E-state index in [2.05, 4.69) is 10.3 Å². The van der Waals surface area contributed by atoms with Crippen LogP contribution in [0.15, 0.2) is 42.6 Å². The van der Waals surface area contributed by atoms with Crippen LogP contribution in [0.1, 0.15) is 42.2 Å². The average Bonchev–Trinajstić information content (AvgIpc) is 3.16. The minimum Gasteiger partial charge on any atom is -0.393 e. The van der Waals surface area contributed by atoms with Crippen LogP contribution in [0, 0.1) is 5.92 Å². The topological polar surface area (TPSA) is 71.2 Å². The second-order valence-electron chi connectivity index (χ2n) is 6.74. The van der Waals surface area contributed by atoms with Crippen LogP contribution in [0.2, 0.25) is 0 Å². The molecule has 26 heavy (non-hydrogen) atoms. The van der Waals surface area contributed by atoms with Crippen LogP contribution in [-0.2, 0) is 6.54 Å². The van der Waals surface area contributed by atoms with E-state index in [1.165, 1.54) is 0 Å². The molecular weight excluding hydrogens is 328 g/mol. The number of aromatic nitrogens is 3. The maximum atomic E-state index is 12.6. The number of aliphatic hydroxyl groups excluding tert-OH is 1. The summed E-state index contributed by atoms with van der Waals surface area (Å²) in [7, 11) is 0. The summed E-state index contributed by atoms with van der Waals surface area (Å²) in [6.07, 6.45) is 7.91. The molecule has 1 amide bonds. The van der Waals surface area contributed by atoms with Crippen LogP contribution in [0.25, 0.3) is 6.08 Å². The Hall–Kier alpha value is -2.47. The van der Waals surface area contributed by atoms with E-state index < -0.39 is 0 Å². The molecule has 1 aromatic heterocycles. The first-order valence-electron chi connectivity index (χ1n) is 9.26. The third kappa shape index (κ3) is 4.58. The standard InChI is InChI=1S/C20H26N4O2/c1-2-19(25)17-10-13-23(14-11-17)20(26)18-15-24(22-21-18)12-6-9-16-7-4-3-5-8-16/h3-9,15,17,19,25H,2,10-14H2,1H3/b9-6+/t19-/m0/s1. The van der Waals surface area contributed by atoms with Crippen LogP contribution >= 0.6 is 0 Å². The fourth-order valence-electron chi connectivity index (χ4n) is 3.33. The predicted octanol–water partition coefficient (Wildman–Crippen LogP) is 2.61. The molecule has 2 aromatic rings. The van der Waals surface area contributed by atoms with E-state index in [1.54, 1.807) is 10.9 Å².